The molecule has 0 aliphatic carbocycles. The van der Waals surface area contributed by atoms with Crippen LogP contribution in [0, 0.1) is 0 Å². The lowest BCUT2D eigenvalue weighted by atomic mass is 10.1. The highest BCUT2D eigenvalue weighted by molar-refractivity contribution is 9.11. The van der Waals surface area contributed by atoms with E-state index in [0.29, 0.717) is 28.8 Å². The molecule has 1 amide bonds. The van der Waals surface area contributed by atoms with Crippen LogP contribution in [0.5, 0.6) is 11.5 Å². The quantitative estimate of drug-likeness (QED) is 0.666. The van der Waals surface area contributed by atoms with E-state index in [-0.39, 0.29) is 19.0 Å². The number of thiophene rings is 1. The smallest absolute Gasteiger partial charge is 0.267 e. The van der Waals surface area contributed by atoms with Crippen LogP contribution in [0.15, 0.2) is 44.4 Å². The van der Waals surface area contributed by atoms with Gasteiger partial charge in [0.2, 0.25) is 6.10 Å². The van der Waals surface area contributed by atoms with Crippen LogP contribution in [0.1, 0.15) is 6.92 Å². The Hall–Kier alpha value is -1.62. The van der Waals surface area contributed by atoms with Crippen LogP contribution >= 0.6 is 27.3 Å². The summed E-state index contributed by atoms with van der Waals surface area (Å²) in [5.41, 5.74) is 0. The molecule has 1 aromatic carbocycles. The van der Waals surface area contributed by atoms with Crippen molar-refractivity contribution in [2.45, 2.75) is 23.3 Å². The molecular formula is C18H19BrN2O5S2. The molecule has 0 radical (unpaired) electrons. The van der Waals surface area contributed by atoms with Crippen LogP contribution in [0.2, 0.25) is 0 Å². The molecule has 2 aromatic rings. The summed E-state index contributed by atoms with van der Waals surface area (Å²) in [6.45, 7) is 2.94. The van der Waals surface area contributed by atoms with Crippen LogP contribution in [-0.2, 0) is 14.8 Å². The molecule has 1 saturated heterocycles. The average Bonchev–Trinajstić information content (AvgIpc) is 3.14. The number of piperazine rings is 1. The van der Waals surface area contributed by atoms with Crippen molar-refractivity contribution >= 4 is 43.2 Å². The molecule has 0 bridgehead atoms. The molecule has 150 valence electrons. The fourth-order valence-electron chi connectivity index (χ4n) is 3.28. The number of benzene rings is 1. The molecule has 2 aliphatic rings. The second-order valence-corrected chi connectivity index (χ2v) is 11.2. The lowest BCUT2D eigenvalue weighted by Crippen LogP contribution is -2.56. The maximum atomic E-state index is 13.0. The lowest BCUT2D eigenvalue weighted by molar-refractivity contribution is -0.145. The van der Waals surface area contributed by atoms with Crippen LogP contribution in [0.4, 0.5) is 0 Å². The highest BCUT2D eigenvalue weighted by Crippen LogP contribution is 2.34. The standard InChI is InChI=1S/C18H19BrN2O5S2/c1-12-17(26-14-5-3-2-4-13(14)25-12)18(22)20-8-10-21(11-9-20)28(23,24)16-7-6-15(19)27-16/h2-7,12,17H,8-11H2,1H3. The van der Waals surface area contributed by atoms with Gasteiger partial charge >= 0.3 is 0 Å². The number of fused-ring (bicyclic) bond motifs is 1. The Morgan fingerprint density at radius 2 is 1.71 bits per heavy atom. The maximum absolute atomic E-state index is 13.0. The van der Waals surface area contributed by atoms with E-state index in [9.17, 15) is 13.2 Å². The number of rotatable bonds is 3. The molecule has 10 heteroatoms. The first-order valence-corrected chi connectivity index (χ1v) is 11.9. The van der Waals surface area contributed by atoms with E-state index in [1.54, 1.807) is 36.1 Å². The van der Waals surface area contributed by atoms with Gasteiger partial charge in [-0.05, 0) is 47.1 Å². The molecule has 2 aliphatic heterocycles. The van der Waals surface area contributed by atoms with Gasteiger partial charge in [-0.25, -0.2) is 8.42 Å². The summed E-state index contributed by atoms with van der Waals surface area (Å²) in [7, 11) is -3.54. The fourth-order valence-corrected chi connectivity index (χ4v) is 6.87. The first-order valence-electron chi connectivity index (χ1n) is 8.83. The zero-order valence-electron chi connectivity index (χ0n) is 15.1. The van der Waals surface area contributed by atoms with Gasteiger partial charge in [0, 0.05) is 26.2 Å². The van der Waals surface area contributed by atoms with Gasteiger partial charge in [-0.2, -0.15) is 4.31 Å². The van der Waals surface area contributed by atoms with E-state index < -0.39 is 22.2 Å². The van der Waals surface area contributed by atoms with E-state index in [1.165, 1.54) is 15.6 Å². The van der Waals surface area contributed by atoms with Gasteiger partial charge in [-0.15, -0.1) is 11.3 Å². The van der Waals surface area contributed by atoms with E-state index >= 15 is 0 Å². The normalized spacial score (nSPS) is 22.9. The van der Waals surface area contributed by atoms with Gasteiger partial charge < -0.3 is 14.4 Å². The Balaban J connectivity index is 1.42. The van der Waals surface area contributed by atoms with Crippen molar-refractivity contribution in [2.24, 2.45) is 0 Å². The molecule has 7 nitrogen and oxygen atoms in total. The predicted octanol–water partition coefficient (Wildman–Crippen LogP) is 2.57. The number of sulfonamides is 1. The summed E-state index contributed by atoms with van der Waals surface area (Å²) in [5.74, 6) is 0.985. The van der Waals surface area contributed by atoms with Gasteiger partial charge in [-0.1, -0.05) is 12.1 Å². The molecule has 28 heavy (non-hydrogen) atoms. The van der Waals surface area contributed by atoms with Gasteiger partial charge in [0.15, 0.2) is 11.5 Å². The summed E-state index contributed by atoms with van der Waals surface area (Å²) >= 11 is 4.48. The van der Waals surface area contributed by atoms with Crippen molar-refractivity contribution < 1.29 is 22.7 Å². The summed E-state index contributed by atoms with van der Waals surface area (Å²) in [6.07, 6.45) is -1.17. The third-order valence-corrected chi connectivity index (χ3v) is 8.77. The fraction of sp³-hybridized carbons (Fsp3) is 0.389. The number of ether oxygens (including phenoxy) is 2. The van der Waals surface area contributed by atoms with E-state index in [4.69, 9.17) is 9.47 Å². The van der Waals surface area contributed by atoms with Crippen molar-refractivity contribution in [2.75, 3.05) is 26.2 Å². The second-order valence-electron chi connectivity index (χ2n) is 6.60. The van der Waals surface area contributed by atoms with E-state index in [1.807, 2.05) is 12.1 Å². The highest BCUT2D eigenvalue weighted by Gasteiger charge is 2.39. The summed E-state index contributed by atoms with van der Waals surface area (Å²) in [4.78, 5) is 14.6. The highest BCUT2D eigenvalue weighted by atomic mass is 79.9. The number of hydrogen-bond acceptors (Lipinski definition) is 6. The van der Waals surface area contributed by atoms with Crippen molar-refractivity contribution in [3.05, 3.63) is 40.2 Å². The second kappa shape index (κ2) is 7.66. The zero-order valence-corrected chi connectivity index (χ0v) is 18.3. The molecule has 3 heterocycles. The number of carbonyl (C=O) groups is 1. The van der Waals surface area contributed by atoms with Crippen LogP contribution in [0.25, 0.3) is 0 Å². The minimum absolute atomic E-state index is 0.182. The van der Waals surface area contributed by atoms with Gasteiger partial charge in [0.25, 0.3) is 15.9 Å². The lowest BCUT2D eigenvalue weighted by Gasteiger charge is -2.38. The molecule has 2 unspecified atom stereocenters. The average molecular weight is 487 g/mol. The minimum atomic E-state index is -3.54. The SMILES string of the molecule is CC1Oc2ccccc2OC1C(=O)N1CCN(S(=O)(=O)c2ccc(Br)s2)CC1. The number of para-hydroxylation sites is 2. The molecule has 0 spiro atoms. The number of hydrogen-bond donors (Lipinski definition) is 0. The zero-order chi connectivity index (χ0) is 19.9. The Morgan fingerprint density at radius 1 is 1.07 bits per heavy atom. The minimum Gasteiger partial charge on any atom is -0.482 e. The van der Waals surface area contributed by atoms with E-state index in [0.717, 1.165) is 3.79 Å². The van der Waals surface area contributed by atoms with Crippen LogP contribution < -0.4 is 9.47 Å². The maximum Gasteiger partial charge on any atom is 0.267 e. The van der Waals surface area contributed by atoms with Crippen molar-refractivity contribution in [1.29, 1.82) is 0 Å². The molecule has 2 atom stereocenters. The van der Waals surface area contributed by atoms with Crippen molar-refractivity contribution in [1.82, 2.24) is 9.21 Å². The van der Waals surface area contributed by atoms with Gasteiger partial charge in [-0.3, -0.25) is 4.79 Å². The Morgan fingerprint density at radius 3 is 2.32 bits per heavy atom. The molecule has 0 N–H and O–H groups in total. The molecule has 1 fully saturated rings. The molecule has 4 rings (SSSR count). The largest absolute Gasteiger partial charge is 0.482 e. The molecule has 0 saturated carbocycles. The van der Waals surface area contributed by atoms with Crippen molar-refractivity contribution in [3.63, 3.8) is 0 Å². The number of halogens is 1. The number of carbonyl (C=O) groups excluding carboxylic acids is 1. The van der Waals surface area contributed by atoms with Crippen LogP contribution in [0.3, 0.4) is 0 Å². The molecular weight excluding hydrogens is 468 g/mol. The first kappa shape index (κ1) is 19.7. The molecule has 1 aromatic heterocycles. The van der Waals surface area contributed by atoms with Gasteiger partial charge in [0.1, 0.15) is 10.3 Å². The number of nitrogens with zero attached hydrogens (tertiary/aromatic N) is 2. The predicted molar refractivity (Wildman–Crippen MR) is 108 cm³/mol. The third-order valence-electron chi connectivity index (χ3n) is 4.78. The first-order chi connectivity index (χ1) is 13.4. The Bertz CT molecular complexity index is 985. The van der Waals surface area contributed by atoms with E-state index in [2.05, 4.69) is 15.9 Å². The van der Waals surface area contributed by atoms with Crippen LogP contribution in [-0.4, -0.2) is 61.9 Å². The Labute approximate surface area is 176 Å². The Kier molecular flexibility index (Phi) is 5.38. The topological polar surface area (TPSA) is 76.2 Å². The van der Waals surface area contributed by atoms with Gasteiger partial charge in [0.05, 0.1) is 3.79 Å². The number of amides is 1. The summed E-state index contributed by atoms with van der Waals surface area (Å²) in [5, 5.41) is 0. The monoisotopic (exact) mass is 486 g/mol. The summed E-state index contributed by atoms with van der Waals surface area (Å²) < 4.78 is 39.6. The summed E-state index contributed by atoms with van der Waals surface area (Å²) in [6, 6.07) is 10.6. The van der Waals surface area contributed by atoms with Crippen molar-refractivity contribution in [3.8, 4) is 11.5 Å². The third kappa shape index (κ3) is 3.66.